The molecule has 1 amide bonds. The first-order chi connectivity index (χ1) is 9.22. The minimum atomic E-state index is -0.338. The van der Waals surface area contributed by atoms with Crippen molar-refractivity contribution in [2.24, 2.45) is 0 Å². The van der Waals surface area contributed by atoms with Gasteiger partial charge in [-0.3, -0.25) is 4.90 Å². The van der Waals surface area contributed by atoms with Gasteiger partial charge in [0, 0.05) is 12.7 Å². The number of hydrogen-bond donors (Lipinski definition) is 0. The van der Waals surface area contributed by atoms with Gasteiger partial charge in [0.05, 0.1) is 6.61 Å². The van der Waals surface area contributed by atoms with E-state index in [0.29, 0.717) is 6.61 Å². The van der Waals surface area contributed by atoms with Crippen LogP contribution in [0.3, 0.4) is 0 Å². The Labute approximate surface area is 113 Å². The van der Waals surface area contributed by atoms with Crippen molar-refractivity contribution in [3.63, 3.8) is 0 Å². The molecule has 0 radical (unpaired) electrons. The molecule has 0 bridgehead atoms. The van der Waals surface area contributed by atoms with Gasteiger partial charge in [-0.15, -0.1) is 0 Å². The van der Waals surface area contributed by atoms with Gasteiger partial charge in [0.1, 0.15) is 0 Å². The van der Waals surface area contributed by atoms with E-state index in [2.05, 4.69) is 12.1 Å². The number of nitrogens with zero attached hydrogens (tertiary/aromatic N) is 1. The lowest BCUT2D eigenvalue weighted by atomic mass is 10.1. The van der Waals surface area contributed by atoms with Crippen LogP contribution >= 0.6 is 0 Å². The zero-order valence-corrected chi connectivity index (χ0v) is 11.2. The van der Waals surface area contributed by atoms with Crippen LogP contribution in [-0.4, -0.2) is 19.7 Å². The lowest BCUT2D eigenvalue weighted by Gasteiger charge is -2.16. The Morgan fingerprint density at radius 1 is 1.00 bits per heavy atom. The number of anilines is 1. The molecule has 0 aliphatic rings. The number of amides is 1. The summed E-state index contributed by atoms with van der Waals surface area (Å²) in [6, 6.07) is 18.0. The van der Waals surface area contributed by atoms with E-state index >= 15 is 0 Å². The highest BCUT2D eigenvalue weighted by Crippen LogP contribution is 2.22. The van der Waals surface area contributed by atoms with E-state index in [1.165, 1.54) is 4.90 Å². The van der Waals surface area contributed by atoms with Gasteiger partial charge in [-0.25, -0.2) is 4.79 Å². The van der Waals surface area contributed by atoms with Crippen molar-refractivity contribution in [1.82, 2.24) is 0 Å². The Bertz CT molecular complexity index is 534. The molecule has 0 saturated heterocycles. The molecule has 2 aromatic rings. The average molecular weight is 255 g/mol. The molecule has 19 heavy (non-hydrogen) atoms. The molecule has 0 aromatic heterocycles. The summed E-state index contributed by atoms with van der Waals surface area (Å²) < 4.78 is 4.96. The van der Waals surface area contributed by atoms with Crippen molar-refractivity contribution in [2.75, 3.05) is 18.6 Å². The lowest BCUT2D eigenvalue weighted by molar-refractivity contribution is 0.161. The average Bonchev–Trinajstić information content (AvgIpc) is 2.48. The van der Waals surface area contributed by atoms with Crippen LogP contribution in [0, 0.1) is 0 Å². The summed E-state index contributed by atoms with van der Waals surface area (Å²) in [5.41, 5.74) is 3.10. The Balaban J connectivity index is 2.17. The van der Waals surface area contributed by atoms with Gasteiger partial charge >= 0.3 is 6.09 Å². The van der Waals surface area contributed by atoms with E-state index in [1.807, 2.05) is 42.5 Å². The highest BCUT2D eigenvalue weighted by molar-refractivity contribution is 5.87. The minimum Gasteiger partial charge on any atom is -0.449 e. The SMILES string of the molecule is CCOC(=O)N(C)c1ccc(-c2ccccc2)cc1. The van der Waals surface area contributed by atoms with E-state index in [4.69, 9.17) is 4.74 Å². The maximum absolute atomic E-state index is 11.6. The van der Waals surface area contributed by atoms with Crippen LogP contribution in [-0.2, 0) is 4.74 Å². The molecule has 0 aliphatic carbocycles. The Hall–Kier alpha value is -2.29. The number of rotatable bonds is 3. The zero-order chi connectivity index (χ0) is 13.7. The summed E-state index contributed by atoms with van der Waals surface area (Å²) in [4.78, 5) is 13.1. The van der Waals surface area contributed by atoms with E-state index in [1.54, 1.807) is 14.0 Å². The number of carbonyl (C=O) groups is 1. The molecule has 0 fully saturated rings. The van der Waals surface area contributed by atoms with Crippen LogP contribution in [0.1, 0.15) is 6.92 Å². The molecule has 0 unspecified atom stereocenters. The molecule has 2 rings (SSSR count). The van der Waals surface area contributed by atoms with Crippen molar-refractivity contribution in [3.8, 4) is 11.1 Å². The van der Waals surface area contributed by atoms with Gasteiger partial charge in [-0.05, 0) is 30.2 Å². The van der Waals surface area contributed by atoms with Gasteiger partial charge in [-0.1, -0.05) is 42.5 Å². The second-order valence-electron chi connectivity index (χ2n) is 4.17. The number of ether oxygens (including phenoxy) is 1. The third kappa shape index (κ3) is 3.13. The first-order valence-corrected chi connectivity index (χ1v) is 6.28. The Kier molecular flexibility index (Phi) is 4.18. The fraction of sp³-hybridized carbons (Fsp3) is 0.188. The molecule has 2 aromatic carbocycles. The van der Waals surface area contributed by atoms with Crippen LogP contribution in [0.25, 0.3) is 11.1 Å². The van der Waals surface area contributed by atoms with Crippen LogP contribution in [0.5, 0.6) is 0 Å². The van der Waals surface area contributed by atoms with Crippen molar-refractivity contribution in [1.29, 1.82) is 0 Å². The largest absolute Gasteiger partial charge is 0.449 e. The lowest BCUT2D eigenvalue weighted by Crippen LogP contribution is -2.26. The summed E-state index contributed by atoms with van der Waals surface area (Å²) >= 11 is 0. The van der Waals surface area contributed by atoms with Crippen LogP contribution in [0.4, 0.5) is 10.5 Å². The molecule has 3 nitrogen and oxygen atoms in total. The molecule has 0 spiro atoms. The number of benzene rings is 2. The third-order valence-electron chi connectivity index (χ3n) is 2.90. The minimum absolute atomic E-state index is 0.338. The zero-order valence-electron chi connectivity index (χ0n) is 11.2. The van der Waals surface area contributed by atoms with Crippen LogP contribution < -0.4 is 4.90 Å². The predicted octanol–water partition coefficient (Wildman–Crippen LogP) is 3.95. The van der Waals surface area contributed by atoms with Crippen LogP contribution in [0.2, 0.25) is 0 Å². The first-order valence-electron chi connectivity index (χ1n) is 6.28. The third-order valence-corrected chi connectivity index (χ3v) is 2.90. The highest BCUT2D eigenvalue weighted by Gasteiger charge is 2.11. The van der Waals surface area contributed by atoms with Crippen LogP contribution in [0.15, 0.2) is 54.6 Å². The van der Waals surface area contributed by atoms with Gasteiger partial charge in [0.2, 0.25) is 0 Å². The standard InChI is InChI=1S/C16H17NO2/c1-3-19-16(18)17(2)15-11-9-14(10-12-15)13-7-5-4-6-8-13/h4-12H,3H2,1-2H3. The maximum atomic E-state index is 11.6. The molecule has 98 valence electrons. The van der Waals surface area contributed by atoms with E-state index in [0.717, 1.165) is 16.8 Å². The molecule has 3 heteroatoms. The molecule has 0 atom stereocenters. The molecule has 0 N–H and O–H groups in total. The highest BCUT2D eigenvalue weighted by atomic mass is 16.6. The van der Waals surface area contributed by atoms with Gasteiger partial charge in [0.25, 0.3) is 0 Å². The molecular weight excluding hydrogens is 238 g/mol. The smallest absolute Gasteiger partial charge is 0.413 e. The maximum Gasteiger partial charge on any atom is 0.413 e. The fourth-order valence-corrected chi connectivity index (χ4v) is 1.83. The van der Waals surface area contributed by atoms with Crippen molar-refractivity contribution >= 4 is 11.8 Å². The van der Waals surface area contributed by atoms with Gasteiger partial charge < -0.3 is 4.74 Å². The van der Waals surface area contributed by atoms with Crippen molar-refractivity contribution in [3.05, 3.63) is 54.6 Å². The summed E-state index contributed by atoms with van der Waals surface area (Å²) in [6.07, 6.45) is -0.338. The second-order valence-corrected chi connectivity index (χ2v) is 4.17. The summed E-state index contributed by atoms with van der Waals surface area (Å²) in [5.74, 6) is 0. The predicted molar refractivity (Wildman–Crippen MR) is 77.3 cm³/mol. The Morgan fingerprint density at radius 3 is 2.16 bits per heavy atom. The second kappa shape index (κ2) is 6.05. The number of hydrogen-bond acceptors (Lipinski definition) is 2. The van der Waals surface area contributed by atoms with E-state index in [9.17, 15) is 4.79 Å². The van der Waals surface area contributed by atoms with E-state index < -0.39 is 0 Å². The summed E-state index contributed by atoms with van der Waals surface area (Å²) in [7, 11) is 1.70. The van der Waals surface area contributed by atoms with Crippen molar-refractivity contribution in [2.45, 2.75) is 6.92 Å². The van der Waals surface area contributed by atoms with Gasteiger partial charge in [-0.2, -0.15) is 0 Å². The number of carbonyl (C=O) groups excluding carboxylic acids is 1. The Morgan fingerprint density at radius 2 is 1.58 bits per heavy atom. The van der Waals surface area contributed by atoms with Gasteiger partial charge in [0.15, 0.2) is 0 Å². The topological polar surface area (TPSA) is 29.5 Å². The normalized spacial score (nSPS) is 10.0. The summed E-state index contributed by atoms with van der Waals surface area (Å²) in [5, 5.41) is 0. The molecule has 0 saturated carbocycles. The first kappa shape index (κ1) is 13.1. The summed E-state index contributed by atoms with van der Waals surface area (Å²) in [6.45, 7) is 2.18. The fourth-order valence-electron chi connectivity index (χ4n) is 1.83. The quantitative estimate of drug-likeness (QED) is 0.831. The van der Waals surface area contributed by atoms with E-state index in [-0.39, 0.29) is 6.09 Å². The molecule has 0 heterocycles. The molecule has 0 aliphatic heterocycles. The monoisotopic (exact) mass is 255 g/mol. The van der Waals surface area contributed by atoms with Crippen molar-refractivity contribution < 1.29 is 9.53 Å². The molecular formula is C16H17NO2.